The van der Waals surface area contributed by atoms with Crippen molar-refractivity contribution < 1.29 is 19.1 Å². The highest BCUT2D eigenvalue weighted by molar-refractivity contribution is 8.04. The Morgan fingerprint density at radius 3 is 2.48 bits per heavy atom. The third-order valence-electron chi connectivity index (χ3n) is 5.21. The summed E-state index contributed by atoms with van der Waals surface area (Å²) in [6.45, 7) is 2.46. The molecule has 6 nitrogen and oxygen atoms in total. The van der Waals surface area contributed by atoms with Crippen molar-refractivity contribution in [3.8, 4) is 11.5 Å². The van der Waals surface area contributed by atoms with E-state index in [4.69, 9.17) is 9.47 Å². The van der Waals surface area contributed by atoms with Gasteiger partial charge in [-0.1, -0.05) is 47.7 Å². The quantitative estimate of drug-likeness (QED) is 0.505. The van der Waals surface area contributed by atoms with E-state index in [1.54, 1.807) is 38.5 Å². The van der Waals surface area contributed by atoms with Crippen LogP contribution in [0.4, 0.5) is 5.69 Å². The molecule has 2 N–H and O–H groups in total. The van der Waals surface area contributed by atoms with E-state index in [0.717, 1.165) is 16.0 Å². The zero-order valence-corrected chi connectivity index (χ0v) is 19.4. The molecule has 1 heterocycles. The maximum absolute atomic E-state index is 12.7. The number of aryl methyl sites for hydroxylation is 1. The molecule has 0 bridgehead atoms. The fraction of sp³-hybridized carbons (Fsp3) is 0.154. The summed E-state index contributed by atoms with van der Waals surface area (Å²) in [5.74, 6) is 0.803. The summed E-state index contributed by atoms with van der Waals surface area (Å²) in [7, 11) is 3.15. The van der Waals surface area contributed by atoms with Gasteiger partial charge in [-0.3, -0.25) is 9.59 Å². The maximum Gasteiger partial charge on any atom is 0.262 e. The number of hydrogen-bond acceptors (Lipinski definition) is 5. The molecule has 7 heteroatoms. The normalized spacial score (nSPS) is 13.8. The summed E-state index contributed by atoms with van der Waals surface area (Å²) in [4.78, 5) is 26.7. The van der Waals surface area contributed by atoms with Crippen molar-refractivity contribution >= 4 is 35.3 Å². The predicted octanol–water partition coefficient (Wildman–Crippen LogP) is 5.03. The third kappa shape index (κ3) is 5.21. The van der Waals surface area contributed by atoms with Gasteiger partial charge in [0.25, 0.3) is 11.8 Å². The van der Waals surface area contributed by atoms with E-state index < -0.39 is 0 Å². The molecule has 0 saturated heterocycles. The number of anilines is 1. The average Bonchev–Trinajstić information content (AvgIpc) is 2.83. The number of methoxy groups -OCH3 is 2. The van der Waals surface area contributed by atoms with E-state index in [1.807, 2.05) is 49.4 Å². The largest absolute Gasteiger partial charge is 0.493 e. The standard InChI is InChI=1S/C26H24N2O4S/c1-16-4-6-17(7-5-16)15-27-25(29)19-9-11-23-20(14-19)28-26(30)24(33-23)13-18-8-10-21(31-2)22(12-18)32-3/h4-14H,15H2,1-3H3,(H,27,29)(H,28,30). The highest BCUT2D eigenvalue weighted by Gasteiger charge is 2.22. The van der Waals surface area contributed by atoms with E-state index in [-0.39, 0.29) is 11.8 Å². The minimum absolute atomic E-state index is 0.190. The topological polar surface area (TPSA) is 76.7 Å². The Morgan fingerprint density at radius 2 is 1.76 bits per heavy atom. The monoisotopic (exact) mass is 460 g/mol. The van der Waals surface area contributed by atoms with Crippen LogP contribution in [0, 0.1) is 6.92 Å². The first kappa shape index (κ1) is 22.5. The van der Waals surface area contributed by atoms with E-state index in [0.29, 0.717) is 34.2 Å². The van der Waals surface area contributed by atoms with Crippen molar-refractivity contribution in [1.82, 2.24) is 5.32 Å². The lowest BCUT2D eigenvalue weighted by atomic mass is 10.1. The van der Waals surface area contributed by atoms with Crippen molar-refractivity contribution in [1.29, 1.82) is 0 Å². The Morgan fingerprint density at radius 1 is 1.00 bits per heavy atom. The molecule has 0 unspecified atom stereocenters. The van der Waals surface area contributed by atoms with Gasteiger partial charge in [-0.15, -0.1) is 0 Å². The second kappa shape index (κ2) is 9.83. The van der Waals surface area contributed by atoms with Crippen LogP contribution in [0.25, 0.3) is 6.08 Å². The van der Waals surface area contributed by atoms with Crippen LogP contribution in [-0.4, -0.2) is 26.0 Å². The number of ether oxygens (including phenoxy) is 2. The lowest BCUT2D eigenvalue weighted by Gasteiger charge is -2.19. The Hall–Kier alpha value is -3.71. The van der Waals surface area contributed by atoms with Crippen molar-refractivity contribution in [3.05, 3.63) is 87.8 Å². The molecule has 0 atom stereocenters. The van der Waals surface area contributed by atoms with Gasteiger partial charge in [0, 0.05) is 17.0 Å². The Balaban J connectivity index is 1.48. The molecule has 2 amide bonds. The molecule has 0 saturated carbocycles. The van der Waals surface area contributed by atoms with Crippen LogP contribution in [0.1, 0.15) is 27.0 Å². The van der Waals surface area contributed by atoms with Gasteiger partial charge in [0.05, 0.1) is 24.8 Å². The first-order chi connectivity index (χ1) is 16.0. The van der Waals surface area contributed by atoms with Gasteiger partial charge in [-0.2, -0.15) is 0 Å². The van der Waals surface area contributed by atoms with Crippen LogP contribution >= 0.6 is 11.8 Å². The molecule has 1 aliphatic heterocycles. The average molecular weight is 461 g/mol. The molecule has 0 aliphatic carbocycles. The molecule has 33 heavy (non-hydrogen) atoms. The zero-order chi connectivity index (χ0) is 23.4. The fourth-order valence-corrected chi connectivity index (χ4v) is 4.32. The number of thioether (sulfide) groups is 1. The van der Waals surface area contributed by atoms with Gasteiger partial charge < -0.3 is 20.1 Å². The Kier molecular flexibility index (Phi) is 6.70. The molecule has 4 rings (SSSR count). The maximum atomic E-state index is 12.7. The number of benzene rings is 3. The number of carbonyl (C=O) groups excluding carboxylic acids is 2. The molecular formula is C26H24N2O4S. The molecule has 1 aliphatic rings. The van der Waals surface area contributed by atoms with E-state index in [1.165, 1.54) is 17.3 Å². The number of hydrogen-bond donors (Lipinski definition) is 2. The third-order valence-corrected chi connectivity index (χ3v) is 6.31. The summed E-state index contributed by atoms with van der Waals surface area (Å²) < 4.78 is 10.6. The number of fused-ring (bicyclic) bond motifs is 1. The molecule has 0 radical (unpaired) electrons. The molecule has 3 aromatic rings. The minimum Gasteiger partial charge on any atom is -0.493 e. The van der Waals surface area contributed by atoms with Crippen molar-refractivity contribution in [3.63, 3.8) is 0 Å². The summed E-state index contributed by atoms with van der Waals surface area (Å²) in [6, 6.07) is 18.8. The number of carbonyl (C=O) groups is 2. The van der Waals surface area contributed by atoms with E-state index >= 15 is 0 Å². The van der Waals surface area contributed by atoms with Crippen LogP contribution in [0.2, 0.25) is 0 Å². The SMILES string of the molecule is COc1ccc(C=C2Sc3ccc(C(=O)NCc4ccc(C)cc4)cc3NC2=O)cc1OC. The summed E-state index contributed by atoms with van der Waals surface area (Å²) in [5.41, 5.74) is 4.14. The van der Waals surface area contributed by atoms with Gasteiger partial charge >= 0.3 is 0 Å². The summed E-state index contributed by atoms with van der Waals surface area (Å²) in [6.07, 6.45) is 1.80. The molecule has 0 fully saturated rings. The van der Waals surface area contributed by atoms with Crippen molar-refractivity contribution in [2.75, 3.05) is 19.5 Å². The second-order valence-electron chi connectivity index (χ2n) is 7.56. The molecule has 168 valence electrons. The van der Waals surface area contributed by atoms with Crippen LogP contribution in [0.3, 0.4) is 0 Å². The highest BCUT2D eigenvalue weighted by atomic mass is 32.2. The number of nitrogens with one attached hydrogen (secondary N) is 2. The van der Waals surface area contributed by atoms with Gasteiger partial charge in [-0.25, -0.2) is 0 Å². The van der Waals surface area contributed by atoms with Gasteiger partial charge in [0.1, 0.15) is 0 Å². The molecule has 0 aromatic heterocycles. The highest BCUT2D eigenvalue weighted by Crippen LogP contribution is 2.40. The first-order valence-electron chi connectivity index (χ1n) is 10.4. The smallest absolute Gasteiger partial charge is 0.262 e. The molecule has 0 spiro atoms. The number of amides is 2. The van der Waals surface area contributed by atoms with E-state index in [2.05, 4.69) is 10.6 Å². The second-order valence-corrected chi connectivity index (χ2v) is 8.64. The fourth-order valence-electron chi connectivity index (χ4n) is 3.39. The van der Waals surface area contributed by atoms with Gasteiger partial charge in [0.15, 0.2) is 11.5 Å². The van der Waals surface area contributed by atoms with Crippen molar-refractivity contribution in [2.45, 2.75) is 18.4 Å². The molecular weight excluding hydrogens is 436 g/mol. The Labute approximate surface area is 197 Å². The van der Waals surface area contributed by atoms with Crippen LogP contribution in [-0.2, 0) is 11.3 Å². The van der Waals surface area contributed by atoms with Gasteiger partial charge in [-0.05, 0) is 54.5 Å². The predicted molar refractivity (Wildman–Crippen MR) is 131 cm³/mol. The first-order valence-corrected chi connectivity index (χ1v) is 11.2. The van der Waals surface area contributed by atoms with E-state index in [9.17, 15) is 9.59 Å². The summed E-state index contributed by atoms with van der Waals surface area (Å²) >= 11 is 1.36. The van der Waals surface area contributed by atoms with Crippen molar-refractivity contribution in [2.24, 2.45) is 0 Å². The zero-order valence-electron chi connectivity index (χ0n) is 18.6. The Bertz CT molecular complexity index is 1240. The number of rotatable bonds is 6. The minimum atomic E-state index is -0.223. The summed E-state index contributed by atoms with van der Waals surface area (Å²) in [5, 5.41) is 5.82. The van der Waals surface area contributed by atoms with Gasteiger partial charge in [0.2, 0.25) is 0 Å². The van der Waals surface area contributed by atoms with Crippen LogP contribution in [0.5, 0.6) is 11.5 Å². The lowest BCUT2D eigenvalue weighted by Crippen LogP contribution is -2.23. The van der Waals surface area contributed by atoms with Crippen LogP contribution < -0.4 is 20.1 Å². The molecule has 3 aromatic carbocycles. The van der Waals surface area contributed by atoms with Crippen LogP contribution in [0.15, 0.2) is 70.5 Å². The lowest BCUT2D eigenvalue weighted by molar-refractivity contribution is -0.112.